The van der Waals surface area contributed by atoms with Gasteiger partial charge in [0.25, 0.3) is 5.91 Å². The van der Waals surface area contributed by atoms with Gasteiger partial charge in [0.2, 0.25) is 4.80 Å². The van der Waals surface area contributed by atoms with Crippen molar-refractivity contribution >= 4 is 23.5 Å². The SMILES string of the molecule is CN=c1scc(-c2ccc(O)c(C(N)=O)c2)n1/N=C/c1ccc(C)cc1. The number of aromatic nitrogens is 1. The Balaban J connectivity index is 2.08. The molecule has 3 rings (SSSR count). The van der Waals surface area contributed by atoms with Gasteiger partial charge in [-0.3, -0.25) is 9.79 Å². The average Bonchev–Trinajstić information content (AvgIpc) is 3.04. The molecule has 0 fully saturated rings. The molecule has 0 aliphatic carbocycles. The summed E-state index contributed by atoms with van der Waals surface area (Å²) in [5.41, 5.74) is 9.00. The van der Waals surface area contributed by atoms with Crippen molar-refractivity contribution in [3.8, 4) is 17.0 Å². The van der Waals surface area contributed by atoms with Crippen LogP contribution in [0.2, 0.25) is 0 Å². The number of aromatic hydroxyl groups is 1. The number of phenols is 1. The third kappa shape index (κ3) is 3.57. The second-order valence-electron chi connectivity index (χ2n) is 5.69. The van der Waals surface area contributed by atoms with Gasteiger partial charge >= 0.3 is 0 Å². The highest BCUT2D eigenvalue weighted by Crippen LogP contribution is 2.26. The number of thiazole rings is 1. The Bertz CT molecular complexity index is 1050. The maximum absolute atomic E-state index is 11.5. The molecule has 0 spiro atoms. The maximum atomic E-state index is 11.5. The summed E-state index contributed by atoms with van der Waals surface area (Å²) >= 11 is 1.43. The lowest BCUT2D eigenvalue weighted by atomic mass is 10.1. The number of amides is 1. The van der Waals surface area contributed by atoms with E-state index >= 15 is 0 Å². The van der Waals surface area contributed by atoms with E-state index in [1.165, 1.54) is 23.0 Å². The van der Waals surface area contributed by atoms with Crippen molar-refractivity contribution in [3.05, 3.63) is 69.3 Å². The predicted octanol–water partition coefficient (Wildman–Crippen LogP) is 2.74. The third-order valence-corrected chi connectivity index (χ3v) is 4.74. The van der Waals surface area contributed by atoms with Gasteiger partial charge in [-0.25, -0.2) is 4.68 Å². The largest absolute Gasteiger partial charge is 0.507 e. The topological polar surface area (TPSA) is 93.0 Å². The quantitative estimate of drug-likeness (QED) is 0.695. The Hall–Kier alpha value is -3.19. The number of hydrogen-bond donors (Lipinski definition) is 2. The molecule has 2 aromatic carbocycles. The summed E-state index contributed by atoms with van der Waals surface area (Å²) in [6.07, 6.45) is 1.75. The Labute approximate surface area is 154 Å². The molecule has 0 saturated heterocycles. The summed E-state index contributed by atoms with van der Waals surface area (Å²) in [7, 11) is 1.69. The summed E-state index contributed by atoms with van der Waals surface area (Å²) in [5.74, 6) is -0.832. The normalized spacial score (nSPS) is 12.0. The van der Waals surface area contributed by atoms with Crippen LogP contribution in [0.3, 0.4) is 0 Å². The molecule has 1 heterocycles. The Morgan fingerprint density at radius 1 is 1.23 bits per heavy atom. The molecule has 6 nitrogen and oxygen atoms in total. The Morgan fingerprint density at radius 3 is 2.62 bits per heavy atom. The second kappa shape index (κ2) is 7.37. The molecule has 0 atom stereocenters. The molecule has 26 heavy (non-hydrogen) atoms. The molecule has 0 saturated carbocycles. The van der Waals surface area contributed by atoms with Crippen LogP contribution in [0.5, 0.6) is 5.75 Å². The van der Waals surface area contributed by atoms with Crippen LogP contribution in [-0.2, 0) is 0 Å². The molecule has 0 unspecified atom stereocenters. The highest BCUT2D eigenvalue weighted by Gasteiger charge is 2.13. The van der Waals surface area contributed by atoms with Gasteiger partial charge in [0, 0.05) is 18.0 Å². The molecule has 0 aliphatic heterocycles. The van der Waals surface area contributed by atoms with Crippen LogP contribution in [0, 0.1) is 6.92 Å². The molecule has 3 N–H and O–H groups in total. The summed E-state index contributed by atoms with van der Waals surface area (Å²) in [4.78, 5) is 16.5. The van der Waals surface area contributed by atoms with Crippen LogP contribution in [0.25, 0.3) is 11.3 Å². The smallest absolute Gasteiger partial charge is 0.252 e. The lowest BCUT2D eigenvalue weighted by Gasteiger charge is -2.06. The van der Waals surface area contributed by atoms with Gasteiger partial charge in [-0.2, -0.15) is 5.10 Å². The number of carbonyl (C=O) groups is 1. The number of aryl methyl sites for hydroxylation is 1. The summed E-state index contributed by atoms with van der Waals surface area (Å²) in [6, 6.07) is 12.7. The number of rotatable bonds is 4. The molecule has 7 heteroatoms. The van der Waals surface area contributed by atoms with Gasteiger partial charge in [0.05, 0.1) is 17.5 Å². The van der Waals surface area contributed by atoms with Crippen molar-refractivity contribution in [1.82, 2.24) is 4.68 Å². The van der Waals surface area contributed by atoms with Crippen molar-refractivity contribution in [1.29, 1.82) is 0 Å². The van der Waals surface area contributed by atoms with Crippen molar-refractivity contribution in [2.45, 2.75) is 6.92 Å². The van der Waals surface area contributed by atoms with Crippen LogP contribution >= 0.6 is 11.3 Å². The molecule has 3 aromatic rings. The minimum absolute atomic E-state index is 0.0674. The van der Waals surface area contributed by atoms with E-state index < -0.39 is 5.91 Å². The highest BCUT2D eigenvalue weighted by molar-refractivity contribution is 7.07. The van der Waals surface area contributed by atoms with Crippen molar-refractivity contribution in [3.63, 3.8) is 0 Å². The highest BCUT2D eigenvalue weighted by atomic mass is 32.1. The monoisotopic (exact) mass is 366 g/mol. The fraction of sp³-hybridized carbons (Fsp3) is 0.105. The number of carbonyl (C=O) groups excluding carboxylic acids is 1. The lowest BCUT2D eigenvalue weighted by molar-refractivity contribution is 0.0998. The fourth-order valence-corrected chi connectivity index (χ4v) is 3.23. The fourth-order valence-electron chi connectivity index (χ4n) is 2.43. The number of nitrogens with two attached hydrogens (primary N) is 1. The first kappa shape index (κ1) is 17.6. The molecule has 0 radical (unpaired) electrons. The summed E-state index contributed by atoms with van der Waals surface area (Å²) in [5, 5.41) is 16.2. The van der Waals surface area contributed by atoms with Crippen molar-refractivity contribution in [2.24, 2.45) is 15.8 Å². The van der Waals surface area contributed by atoms with E-state index in [1.54, 1.807) is 30.1 Å². The van der Waals surface area contributed by atoms with Gasteiger partial charge in [-0.15, -0.1) is 11.3 Å². The van der Waals surface area contributed by atoms with Crippen LogP contribution < -0.4 is 10.5 Å². The number of benzene rings is 2. The molecule has 1 aromatic heterocycles. The zero-order valence-electron chi connectivity index (χ0n) is 14.4. The zero-order valence-corrected chi connectivity index (χ0v) is 15.2. The molecule has 132 valence electrons. The van der Waals surface area contributed by atoms with Gasteiger partial charge in [-0.1, -0.05) is 29.8 Å². The van der Waals surface area contributed by atoms with Crippen LogP contribution in [0.1, 0.15) is 21.5 Å². The van der Waals surface area contributed by atoms with E-state index in [-0.39, 0.29) is 11.3 Å². The Morgan fingerprint density at radius 2 is 1.96 bits per heavy atom. The van der Waals surface area contributed by atoms with Gasteiger partial charge < -0.3 is 10.8 Å². The number of primary amides is 1. The average molecular weight is 366 g/mol. The lowest BCUT2D eigenvalue weighted by Crippen LogP contribution is -2.13. The molecule has 1 amide bonds. The third-order valence-electron chi connectivity index (χ3n) is 3.83. The summed E-state index contributed by atoms with van der Waals surface area (Å²) in [6.45, 7) is 2.03. The second-order valence-corrected chi connectivity index (χ2v) is 6.53. The number of hydrogen-bond acceptors (Lipinski definition) is 5. The van der Waals surface area contributed by atoms with Crippen molar-refractivity contribution < 1.29 is 9.90 Å². The first-order valence-electron chi connectivity index (χ1n) is 7.87. The predicted molar refractivity (Wildman–Crippen MR) is 104 cm³/mol. The van der Waals surface area contributed by atoms with E-state index in [1.807, 2.05) is 36.6 Å². The summed E-state index contributed by atoms with van der Waals surface area (Å²) < 4.78 is 1.70. The van der Waals surface area contributed by atoms with Crippen LogP contribution in [0.15, 0.2) is 57.9 Å². The minimum Gasteiger partial charge on any atom is -0.507 e. The minimum atomic E-state index is -0.685. The van der Waals surface area contributed by atoms with E-state index in [9.17, 15) is 9.90 Å². The standard InChI is InChI=1S/C19H18N4O2S/c1-12-3-5-13(6-4-12)10-22-23-16(11-26-19(23)21-2)14-7-8-17(24)15(9-14)18(20)25/h3-11,24H,1-2H3,(H2,20,25)/b21-19?,22-10+. The van der Waals surface area contributed by atoms with E-state index in [0.717, 1.165) is 11.3 Å². The van der Waals surface area contributed by atoms with Gasteiger partial charge in [0.15, 0.2) is 0 Å². The first-order chi connectivity index (χ1) is 12.5. The molecule has 0 aliphatic rings. The van der Waals surface area contributed by atoms with Gasteiger partial charge in [-0.05, 0) is 30.7 Å². The van der Waals surface area contributed by atoms with Crippen molar-refractivity contribution in [2.75, 3.05) is 7.05 Å². The molecule has 0 bridgehead atoms. The Kier molecular flexibility index (Phi) is 4.99. The van der Waals surface area contributed by atoms with E-state index in [2.05, 4.69) is 10.1 Å². The van der Waals surface area contributed by atoms with E-state index in [4.69, 9.17) is 5.73 Å². The molecular weight excluding hydrogens is 348 g/mol. The van der Waals surface area contributed by atoms with Crippen LogP contribution in [0.4, 0.5) is 0 Å². The maximum Gasteiger partial charge on any atom is 0.252 e. The molecular formula is C19H18N4O2S. The zero-order chi connectivity index (χ0) is 18.7. The van der Waals surface area contributed by atoms with Gasteiger partial charge in [0.1, 0.15) is 5.75 Å². The first-order valence-corrected chi connectivity index (χ1v) is 8.75. The number of nitrogens with zero attached hydrogens (tertiary/aromatic N) is 3. The van der Waals surface area contributed by atoms with E-state index in [0.29, 0.717) is 10.4 Å². The van der Waals surface area contributed by atoms with Crippen LogP contribution in [-0.4, -0.2) is 29.0 Å².